The van der Waals surface area contributed by atoms with Crippen molar-refractivity contribution in [1.82, 2.24) is 4.90 Å². The van der Waals surface area contributed by atoms with Gasteiger partial charge < -0.3 is 0 Å². The molecule has 0 spiro atoms. The molecule has 0 saturated carbocycles. The van der Waals surface area contributed by atoms with Crippen LogP contribution in [0.4, 0.5) is 0 Å². The molecule has 0 bridgehead atoms. The molecule has 4 rings (SSSR count). The first-order chi connectivity index (χ1) is 12.4. The summed E-state index contributed by atoms with van der Waals surface area (Å²) in [6.45, 7) is 3.42. The van der Waals surface area contributed by atoms with Gasteiger partial charge in [-0.05, 0) is 51.1 Å². The predicted molar refractivity (Wildman–Crippen MR) is 108 cm³/mol. The lowest BCUT2D eigenvalue weighted by atomic mass is 10.2. The molecule has 3 aromatic carbocycles. The largest absolute Gasteiger partial charge is 0.298 e. The fraction of sp³-hybridized carbons (Fsp3) is 0.217. The Labute approximate surface area is 152 Å². The Morgan fingerprint density at radius 1 is 0.600 bits per heavy atom. The van der Waals surface area contributed by atoms with E-state index in [0.29, 0.717) is 0 Å². The van der Waals surface area contributed by atoms with Crippen LogP contribution in [0, 0.1) is 0 Å². The second-order valence-corrected chi connectivity index (χ2v) is 10.2. The highest BCUT2D eigenvalue weighted by molar-refractivity contribution is 8.33. The maximum atomic E-state index is 2.62. The van der Waals surface area contributed by atoms with E-state index < -0.39 is 10.0 Å². The topological polar surface area (TPSA) is 3.24 Å². The van der Waals surface area contributed by atoms with Crippen molar-refractivity contribution in [2.24, 2.45) is 0 Å². The van der Waals surface area contributed by atoms with Crippen molar-refractivity contribution >= 4 is 10.0 Å². The van der Waals surface area contributed by atoms with Crippen molar-refractivity contribution in [3.8, 4) is 0 Å². The monoisotopic (exact) mass is 347 g/mol. The lowest BCUT2D eigenvalue weighted by Gasteiger charge is -2.47. The molecule has 1 fully saturated rings. The smallest absolute Gasteiger partial charge is 0.0234 e. The zero-order chi connectivity index (χ0) is 17.0. The van der Waals surface area contributed by atoms with E-state index in [2.05, 4.69) is 95.9 Å². The van der Waals surface area contributed by atoms with Gasteiger partial charge in [-0.1, -0.05) is 66.7 Å². The summed E-state index contributed by atoms with van der Waals surface area (Å²) < 4.78 is 0. The van der Waals surface area contributed by atoms with Gasteiger partial charge in [0.1, 0.15) is 0 Å². The minimum absolute atomic E-state index is 0.922. The molecule has 0 aliphatic carbocycles. The van der Waals surface area contributed by atoms with Crippen molar-refractivity contribution in [2.75, 3.05) is 24.6 Å². The Balaban J connectivity index is 1.58. The summed E-state index contributed by atoms with van der Waals surface area (Å²) in [4.78, 5) is 5.70. The molecule has 3 aromatic rings. The van der Waals surface area contributed by atoms with Crippen molar-refractivity contribution < 1.29 is 0 Å². The van der Waals surface area contributed by atoms with Gasteiger partial charge in [-0.25, -0.2) is 0 Å². The quantitative estimate of drug-likeness (QED) is 0.609. The molecule has 0 aromatic heterocycles. The summed E-state index contributed by atoms with van der Waals surface area (Å²) in [5, 5.41) is 0. The molecule has 1 heterocycles. The van der Waals surface area contributed by atoms with Gasteiger partial charge in [0.05, 0.1) is 0 Å². The van der Waals surface area contributed by atoms with E-state index in [9.17, 15) is 0 Å². The molecule has 1 nitrogen and oxygen atoms in total. The number of rotatable bonds is 4. The normalized spacial score (nSPS) is 18.6. The van der Waals surface area contributed by atoms with E-state index >= 15 is 0 Å². The molecule has 128 valence electrons. The SMILES string of the molecule is c1ccc(CN2CCS(c3ccccc3)(c3ccccc3)CC2)cc1. The maximum Gasteiger partial charge on any atom is 0.0234 e. The van der Waals surface area contributed by atoms with E-state index in [4.69, 9.17) is 0 Å². The van der Waals surface area contributed by atoms with E-state index in [1.54, 1.807) is 9.79 Å². The third kappa shape index (κ3) is 3.51. The zero-order valence-electron chi connectivity index (χ0n) is 14.6. The van der Waals surface area contributed by atoms with Crippen LogP contribution in [0.15, 0.2) is 101 Å². The van der Waals surface area contributed by atoms with Crippen molar-refractivity contribution in [1.29, 1.82) is 0 Å². The molecule has 2 heteroatoms. The highest BCUT2D eigenvalue weighted by Gasteiger charge is 2.32. The second-order valence-electron chi connectivity index (χ2n) is 6.68. The summed E-state index contributed by atoms with van der Waals surface area (Å²) in [5.41, 5.74) is 1.42. The fourth-order valence-electron chi connectivity index (χ4n) is 3.75. The highest BCUT2D eigenvalue weighted by atomic mass is 32.3. The van der Waals surface area contributed by atoms with Crippen LogP contribution in [0.25, 0.3) is 0 Å². The van der Waals surface area contributed by atoms with Gasteiger partial charge >= 0.3 is 0 Å². The first-order valence-corrected chi connectivity index (χ1v) is 11.0. The maximum absolute atomic E-state index is 2.62. The molecule has 0 atom stereocenters. The molecular formula is C23H25NS. The van der Waals surface area contributed by atoms with Gasteiger partial charge in [0.2, 0.25) is 0 Å². The lowest BCUT2D eigenvalue weighted by Crippen LogP contribution is -2.38. The third-order valence-corrected chi connectivity index (χ3v) is 9.26. The standard InChI is InChI=1S/C23H25NS/c1-4-10-21(11-5-1)20-24-16-18-25(19-17-24,22-12-6-2-7-13-22)23-14-8-3-9-15-23/h1-15H,16-20H2. The van der Waals surface area contributed by atoms with Crippen LogP contribution in [-0.4, -0.2) is 29.5 Å². The van der Waals surface area contributed by atoms with E-state index in [-0.39, 0.29) is 0 Å². The first kappa shape index (κ1) is 16.4. The summed E-state index contributed by atoms with van der Waals surface area (Å²) >= 11 is 0. The Kier molecular flexibility index (Phi) is 4.91. The average Bonchev–Trinajstić information content (AvgIpc) is 2.71. The van der Waals surface area contributed by atoms with Crippen molar-refractivity contribution in [2.45, 2.75) is 16.3 Å². The lowest BCUT2D eigenvalue weighted by molar-refractivity contribution is 0.292. The van der Waals surface area contributed by atoms with Crippen LogP contribution in [0.1, 0.15) is 5.56 Å². The number of hydrogen-bond donors (Lipinski definition) is 0. The molecule has 1 saturated heterocycles. The van der Waals surface area contributed by atoms with E-state index in [1.807, 2.05) is 0 Å². The van der Waals surface area contributed by atoms with Gasteiger partial charge in [-0.3, -0.25) is 4.90 Å². The molecule has 1 aliphatic heterocycles. The Morgan fingerprint density at radius 3 is 1.52 bits per heavy atom. The molecular weight excluding hydrogens is 322 g/mol. The third-order valence-electron chi connectivity index (χ3n) is 5.15. The van der Waals surface area contributed by atoms with Crippen molar-refractivity contribution in [3.63, 3.8) is 0 Å². The average molecular weight is 348 g/mol. The zero-order valence-corrected chi connectivity index (χ0v) is 15.4. The summed E-state index contributed by atoms with van der Waals surface area (Å²) in [7, 11) is -0.922. The van der Waals surface area contributed by atoms with Crippen LogP contribution in [-0.2, 0) is 6.54 Å². The van der Waals surface area contributed by atoms with E-state index in [0.717, 1.165) is 6.54 Å². The molecule has 0 unspecified atom stereocenters. The fourth-order valence-corrected chi connectivity index (χ4v) is 7.67. The number of benzene rings is 3. The predicted octanol–water partition coefficient (Wildman–Crippen LogP) is 5.43. The van der Waals surface area contributed by atoms with Gasteiger partial charge in [0, 0.05) is 19.6 Å². The summed E-state index contributed by atoms with van der Waals surface area (Å²) in [6, 6.07) is 33.3. The Morgan fingerprint density at radius 2 is 1.04 bits per heavy atom. The van der Waals surface area contributed by atoms with Crippen LogP contribution >= 0.6 is 10.0 Å². The summed E-state index contributed by atoms with van der Waals surface area (Å²) in [5.74, 6) is 2.52. The Hall–Kier alpha value is -2.03. The van der Waals surface area contributed by atoms with Crippen LogP contribution in [0.3, 0.4) is 0 Å². The van der Waals surface area contributed by atoms with Gasteiger partial charge in [0.25, 0.3) is 0 Å². The van der Waals surface area contributed by atoms with Crippen LogP contribution < -0.4 is 0 Å². The first-order valence-electron chi connectivity index (χ1n) is 9.02. The highest BCUT2D eigenvalue weighted by Crippen LogP contribution is 2.63. The van der Waals surface area contributed by atoms with Crippen molar-refractivity contribution in [3.05, 3.63) is 96.6 Å². The minimum Gasteiger partial charge on any atom is -0.298 e. The van der Waals surface area contributed by atoms with Crippen LogP contribution in [0.5, 0.6) is 0 Å². The number of hydrogen-bond acceptors (Lipinski definition) is 1. The Bertz CT molecular complexity index is 737. The molecule has 0 amide bonds. The van der Waals surface area contributed by atoms with Gasteiger partial charge in [0.15, 0.2) is 0 Å². The minimum atomic E-state index is -0.922. The molecule has 0 radical (unpaired) electrons. The van der Waals surface area contributed by atoms with Crippen LogP contribution in [0.2, 0.25) is 0 Å². The van der Waals surface area contributed by atoms with Gasteiger partial charge in [-0.15, -0.1) is 0 Å². The molecule has 25 heavy (non-hydrogen) atoms. The second kappa shape index (κ2) is 7.47. The van der Waals surface area contributed by atoms with Gasteiger partial charge in [-0.2, -0.15) is 10.0 Å². The molecule has 1 aliphatic rings. The van der Waals surface area contributed by atoms with E-state index in [1.165, 1.54) is 30.2 Å². The summed E-state index contributed by atoms with van der Waals surface area (Å²) in [6.07, 6.45) is 0. The number of nitrogens with zero attached hydrogens (tertiary/aromatic N) is 1. The molecule has 0 N–H and O–H groups in total.